The van der Waals surface area contributed by atoms with Crippen LogP contribution in [0.1, 0.15) is 31.2 Å². The molecule has 1 amide bonds. The summed E-state index contributed by atoms with van der Waals surface area (Å²) in [5, 5.41) is 2.98. The number of hydrogen-bond acceptors (Lipinski definition) is 2. The lowest BCUT2D eigenvalue weighted by atomic mass is 10.2. The van der Waals surface area contributed by atoms with Crippen molar-refractivity contribution >= 4 is 5.91 Å². The third kappa shape index (κ3) is 4.27. The van der Waals surface area contributed by atoms with Crippen LogP contribution in [0.2, 0.25) is 0 Å². The van der Waals surface area contributed by atoms with E-state index in [9.17, 15) is 13.6 Å². The molecule has 3 nitrogen and oxygen atoms in total. The minimum atomic E-state index is -0.590. The van der Waals surface area contributed by atoms with Crippen LogP contribution in [-0.4, -0.2) is 30.4 Å². The average Bonchev–Trinajstić information content (AvgIpc) is 2.85. The van der Waals surface area contributed by atoms with Crippen molar-refractivity contribution in [1.82, 2.24) is 10.2 Å². The number of rotatable bonds is 5. The number of amides is 1. The predicted molar refractivity (Wildman–Crippen MR) is 73.1 cm³/mol. The van der Waals surface area contributed by atoms with Crippen LogP contribution in [0.4, 0.5) is 8.78 Å². The largest absolute Gasteiger partial charge is 0.352 e. The molecule has 0 unspecified atom stereocenters. The van der Waals surface area contributed by atoms with Gasteiger partial charge in [-0.25, -0.2) is 8.78 Å². The fourth-order valence-corrected chi connectivity index (χ4v) is 2.59. The molecular weight excluding hydrogens is 262 g/mol. The molecule has 1 aromatic carbocycles. The van der Waals surface area contributed by atoms with E-state index in [1.165, 1.54) is 25.0 Å². The van der Waals surface area contributed by atoms with E-state index in [0.29, 0.717) is 11.6 Å². The van der Waals surface area contributed by atoms with Crippen LogP contribution in [0.5, 0.6) is 0 Å². The maximum atomic E-state index is 13.5. The molecule has 0 atom stereocenters. The van der Waals surface area contributed by atoms with Crippen molar-refractivity contribution in [2.45, 2.75) is 38.3 Å². The van der Waals surface area contributed by atoms with E-state index < -0.39 is 11.6 Å². The predicted octanol–water partition coefficient (Wildman–Crippen LogP) is 2.46. The lowest BCUT2D eigenvalue weighted by Gasteiger charge is -2.18. The summed E-state index contributed by atoms with van der Waals surface area (Å²) in [6.07, 6.45) is 4.42. The normalized spacial score (nSPS) is 15.8. The summed E-state index contributed by atoms with van der Waals surface area (Å²) in [4.78, 5) is 13.6. The number of carbonyl (C=O) groups is 1. The second-order valence-electron chi connectivity index (χ2n) is 5.46. The summed E-state index contributed by atoms with van der Waals surface area (Å²) >= 11 is 0. The number of nitrogens with zero attached hydrogens (tertiary/aromatic N) is 1. The standard InChI is InChI=1S/C15H20F2N2O/c1-19(9-11-6-7-12(16)8-14(11)17)10-15(20)18-13-4-2-3-5-13/h6-8,13H,2-5,9-10H2,1H3,(H,18,20). The second kappa shape index (κ2) is 6.79. The van der Waals surface area contributed by atoms with Crippen LogP contribution in [0.3, 0.4) is 0 Å². The molecule has 0 saturated heterocycles. The highest BCUT2D eigenvalue weighted by molar-refractivity contribution is 5.78. The fraction of sp³-hybridized carbons (Fsp3) is 0.533. The molecule has 5 heteroatoms. The molecule has 1 aliphatic carbocycles. The number of hydrogen-bond donors (Lipinski definition) is 1. The summed E-state index contributed by atoms with van der Waals surface area (Å²) in [5.41, 5.74) is 0.391. The highest BCUT2D eigenvalue weighted by Gasteiger charge is 2.18. The van der Waals surface area contributed by atoms with Gasteiger partial charge in [0.15, 0.2) is 0 Å². The van der Waals surface area contributed by atoms with Gasteiger partial charge in [-0.1, -0.05) is 18.9 Å². The van der Waals surface area contributed by atoms with E-state index in [1.54, 1.807) is 11.9 Å². The van der Waals surface area contributed by atoms with Crippen molar-refractivity contribution in [3.8, 4) is 0 Å². The van der Waals surface area contributed by atoms with E-state index >= 15 is 0 Å². The van der Waals surface area contributed by atoms with Crippen LogP contribution >= 0.6 is 0 Å². The Morgan fingerprint density at radius 2 is 2.05 bits per heavy atom. The van der Waals surface area contributed by atoms with Gasteiger partial charge in [0.25, 0.3) is 0 Å². The summed E-state index contributed by atoms with van der Waals surface area (Å²) in [7, 11) is 1.75. The zero-order chi connectivity index (χ0) is 14.5. The Balaban J connectivity index is 1.82. The van der Waals surface area contributed by atoms with Crippen molar-refractivity contribution in [2.24, 2.45) is 0 Å². The van der Waals surface area contributed by atoms with Gasteiger partial charge in [-0.3, -0.25) is 9.69 Å². The molecule has 0 bridgehead atoms. The first-order valence-electron chi connectivity index (χ1n) is 6.96. The molecule has 1 aromatic rings. The average molecular weight is 282 g/mol. The zero-order valence-corrected chi connectivity index (χ0v) is 11.7. The molecule has 2 rings (SSSR count). The smallest absolute Gasteiger partial charge is 0.234 e. The maximum absolute atomic E-state index is 13.5. The van der Waals surface area contributed by atoms with Gasteiger partial charge < -0.3 is 5.32 Å². The fourth-order valence-electron chi connectivity index (χ4n) is 2.59. The van der Waals surface area contributed by atoms with Crippen LogP contribution < -0.4 is 5.32 Å². The first kappa shape index (κ1) is 14.9. The van der Waals surface area contributed by atoms with Crippen molar-refractivity contribution in [3.05, 3.63) is 35.4 Å². The SMILES string of the molecule is CN(CC(=O)NC1CCCC1)Cc1ccc(F)cc1F. The van der Waals surface area contributed by atoms with Crippen molar-refractivity contribution in [1.29, 1.82) is 0 Å². The summed E-state index contributed by atoms with van der Waals surface area (Å²) < 4.78 is 26.3. The van der Waals surface area contributed by atoms with Gasteiger partial charge >= 0.3 is 0 Å². The van der Waals surface area contributed by atoms with Crippen molar-refractivity contribution in [2.75, 3.05) is 13.6 Å². The van der Waals surface area contributed by atoms with Gasteiger partial charge in [-0.2, -0.15) is 0 Å². The van der Waals surface area contributed by atoms with Gasteiger partial charge in [0.1, 0.15) is 11.6 Å². The van der Waals surface area contributed by atoms with Crippen molar-refractivity contribution in [3.63, 3.8) is 0 Å². The highest BCUT2D eigenvalue weighted by Crippen LogP contribution is 2.17. The van der Waals surface area contributed by atoms with Gasteiger partial charge in [0.2, 0.25) is 5.91 Å². The topological polar surface area (TPSA) is 32.3 Å². The molecule has 20 heavy (non-hydrogen) atoms. The van der Waals surface area contributed by atoms with E-state index in [-0.39, 0.29) is 19.0 Å². The zero-order valence-electron chi connectivity index (χ0n) is 11.7. The number of likely N-dealkylation sites (N-methyl/N-ethyl adjacent to an activating group) is 1. The Bertz CT molecular complexity index is 473. The Hall–Kier alpha value is -1.49. The quantitative estimate of drug-likeness (QED) is 0.899. The minimum Gasteiger partial charge on any atom is -0.352 e. The monoisotopic (exact) mass is 282 g/mol. The Morgan fingerprint density at radius 3 is 2.70 bits per heavy atom. The van der Waals surface area contributed by atoms with Crippen molar-refractivity contribution < 1.29 is 13.6 Å². The molecule has 1 fully saturated rings. The first-order chi connectivity index (χ1) is 9.54. The highest BCUT2D eigenvalue weighted by atomic mass is 19.1. The van der Waals surface area contributed by atoms with E-state index in [1.807, 2.05) is 0 Å². The summed E-state index contributed by atoms with van der Waals surface area (Å²) in [6.45, 7) is 0.498. The Labute approximate surface area is 118 Å². The van der Waals surface area contributed by atoms with Crippen LogP contribution in [-0.2, 0) is 11.3 Å². The second-order valence-corrected chi connectivity index (χ2v) is 5.46. The summed E-state index contributed by atoms with van der Waals surface area (Å²) in [6, 6.07) is 3.79. The third-order valence-corrected chi connectivity index (χ3v) is 3.59. The Morgan fingerprint density at radius 1 is 1.35 bits per heavy atom. The molecular formula is C15H20F2N2O. The number of nitrogens with one attached hydrogen (secondary N) is 1. The lowest BCUT2D eigenvalue weighted by Crippen LogP contribution is -2.39. The van der Waals surface area contributed by atoms with Crippen LogP contribution in [0.25, 0.3) is 0 Å². The number of halogens is 2. The first-order valence-corrected chi connectivity index (χ1v) is 6.96. The molecule has 0 aliphatic heterocycles. The minimum absolute atomic E-state index is 0.0399. The lowest BCUT2D eigenvalue weighted by molar-refractivity contribution is -0.122. The molecule has 110 valence electrons. The molecule has 1 aliphatic rings. The summed E-state index contributed by atoms with van der Waals surface area (Å²) in [5.74, 6) is -1.21. The molecule has 0 spiro atoms. The molecule has 1 saturated carbocycles. The van der Waals surface area contributed by atoms with E-state index in [2.05, 4.69) is 5.32 Å². The van der Waals surface area contributed by atoms with Crippen LogP contribution in [0, 0.1) is 11.6 Å². The molecule has 0 aromatic heterocycles. The molecule has 0 heterocycles. The van der Waals surface area contributed by atoms with Gasteiger partial charge in [0.05, 0.1) is 6.54 Å². The van der Waals surface area contributed by atoms with E-state index in [0.717, 1.165) is 18.9 Å². The van der Waals surface area contributed by atoms with E-state index in [4.69, 9.17) is 0 Å². The van der Waals surface area contributed by atoms with Gasteiger partial charge in [-0.05, 0) is 26.0 Å². The number of benzene rings is 1. The van der Waals surface area contributed by atoms with Crippen LogP contribution in [0.15, 0.2) is 18.2 Å². The van der Waals surface area contributed by atoms with Gasteiger partial charge in [0, 0.05) is 24.2 Å². The number of carbonyl (C=O) groups excluding carboxylic acids is 1. The molecule has 0 radical (unpaired) electrons. The Kier molecular flexibility index (Phi) is 5.06. The van der Waals surface area contributed by atoms with Gasteiger partial charge in [-0.15, -0.1) is 0 Å². The third-order valence-electron chi connectivity index (χ3n) is 3.59. The molecule has 1 N–H and O–H groups in total. The maximum Gasteiger partial charge on any atom is 0.234 e.